The minimum Gasteiger partial charge on any atom is -0.482 e. The Morgan fingerprint density at radius 2 is 1.88 bits per heavy atom. The van der Waals surface area contributed by atoms with Gasteiger partial charge in [-0.25, -0.2) is 0 Å². The van der Waals surface area contributed by atoms with Crippen LogP contribution in [-0.4, -0.2) is 44.1 Å². The van der Waals surface area contributed by atoms with E-state index >= 15 is 0 Å². The lowest BCUT2D eigenvalue weighted by Gasteiger charge is -2.29. The Labute approximate surface area is 155 Å². The van der Waals surface area contributed by atoms with Gasteiger partial charge in [0.05, 0.1) is 5.69 Å². The third-order valence-corrected chi connectivity index (χ3v) is 5.11. The Hall–Kier alpha value is -2.08. The number of amides is 2. The molecule has 0 saturated heterocycles. The van der Waals surface area contributed by atoms with Crippen LogP contribution in [0.3, 0.4) is 0 Å². The molecule has 26 heavy (non-hydrogen) atoms. The van der Waals surface area contributed by atoms with E-state index in [1.165, 1.54) is 38.5 Å². The van der Waals surface area contributed by atoms with Crippen molar-refractivity contribution >= 4 is 17.5 Å². The topological polar surface area (TPSA) is 70.7 Å². The highest BCUT2D eigenvalue weighted by molar-refractivity contribution is 5.98. The first-order valence-electron chi connectivity index (χ1n) is 9.76. The Morgan fingerprint density at radius 3 is 2.69 bits per heavy atom. The van der Waals surface area contributed by atoms with Crippen LogP contribution in [0.25, 0.3) is 0 Å². The number of nitrogens with zero attached hydrogens (tertiary/aromatic N) is 1. The van der Waals surface area contributed by atoms with Gasteiger partial charge in [-0.2, -0.15) is 0 Å². The predicted molar refractivity (Wildman–Crippen MR) is 101 cm³/mol. The molecule has 1 aliphatic heterocycles. The number of ether oxygens (including phenoxy) is 1. The molecule has 0 radical (unpaired) electrons. The quantitative estimate of drug-likeness (QED) is 0.579. The first-order chi connectivity index (χ1) is 12.7. The molecule has 0 spiro atoms. The van der Waals surface area contributed by atoms with Gasteiger partial charge in [0.15, 0.2) is 6.61 Å². The number of fused-ring (bicyclic) bond motifs is 1. The van der Waals surface area contributed by atoms with Crippen LogP contribution in [0.1, 0.15) is 44.9 Å². The van der Waals surface area contributed by atoms with Gasteiger partial charge in [0.2, 0.25) is 5.91 Å². The van der Waals surface area contributed by atoms with Crippen molar-refractivity contribution in [3.8, 4) is 5.75 Å². The highest BCUT2D eigenvalue weighted by atomic mass is 16.5. The van der Waals surface area contributed by atoms with Gasteiger partial charge in [-0.3, -0.25) is 9.59 Å². The van der Waals surface area contributed by atoms with Crippen molar-refractivity contribution in [2.24, 2.45) is 0 Å². The van der Waals surface area contributed by atoms with Gasteiger partial charge < -0.3 is 20.3 Å². The lowest BCUT2D eigenvalue weighted by Crippen LogP contribution is -2.42. The van der Waals surface area contributed by atoms with Crippen LogP contribution in [0.15, 0.2) is 24.3 Å². The second-order valence-corrected chi connectivity index (χ2v) is 7.04. The maximum Gasteiger partial charge on any atom is 0.265 e. The zero-order valence-electron chi connectivity index (χ0n) is 15.3. The Kier molecular flexibility index (Phi) is 6.89. The van der Waals surface area contributed by atoms with Crippen LogP contribution >= 0.6 is 0 Å². The Balaban J connectivity index is 1.37. The van der Waals surface area contributed by atoms with E-state index in [0.717, 1.165) is 12.2 Å². The van der Waals surface area contributed by atoms with Crippen molar-refractivity contribution in [1.29, 1.82) is 0 Å². The first-order valence-corrected chi connectivity index (χ1v) is 9.76. The molecule has 0 unspecified atom stereocenters. The molecular weight excluding hydrogens is 330 g/mol. The maximum atomic E-state index is 12.1. The van der Waals surface area contributed by atoms with Gasteiger partial charge >= 0.3 is 0 Å². The number of anilines is 1. The lowest BCUT2D eigenvalue weighted by atomic mass is 10.1. The molecule has 0 atom stereocenters. The van der Waals surface area contributed by atoms with E-state index in [4.69, 9.17) is 4.74 Å². The fraction of sp³-hybridized carbons (Fsp3) is 0.600. The highest BCUT2D eigenvalue weighted by Crippen LogP contribution is 2.31. The number of hydrogen-bond donors (Lipinski definition) is 2. The summed E-state index contributed by atoms with van der Waals surface area (Å²) in [5.41, 5.74) is 0.742. The summed E-state index contributed by atoms with van der Waals surface area (Å²) in [4.78, 5) is 25.8. The number of carbonyl (C=O) groups is 2. The van der Waals surface area contributed by atoms with Crippen molar-refractivity contribution < 1.29 is 14.3 Å². The molecule has 1 fully saturated rings. The molecule has 3 rings (SSSR count). The molecule has 1 saturated carbocycles. The molecule has 1 aromatic rings. The summed E-state index contributed by atoms with van der Waals surface area (Å²) in [7, 11) is 0. The molecular formula is C20H29N3O3. The second kappa shape index (κ2) is 9.57. The second-order valence-electron chi connectivity index (χ2n) is 7.04. The van der Waals surface area contributed by atoms with Crippen LogP contribution in [0.2, 0.25) is 0 Å². The summed E-state index contributed by atoms with van der Waals surface area (Å²) < 4.78 is 5.42. The van der Waals surface area contributed by atoms with Crippen molar-refractivity contribution in [2.75, 3.05) is 31.1 Å². The Bertz CT molecular complexity index is 612. The molecule has 1 aromatic carbocycles. The third-order valence-electron chi connectivity index (χ3n) is 5.11. The van der Waals surface area contributed by atoms with Gasteiger partial charge in [0, 0.05) is 32.1 Å². The SMILES string of the molecule is O=C(CCN1C(=O)COc2ccccc21)NCCNC1CCCCCC1. The molecule has 6 nitrogen and oxygen atoms in total. The number of carbonyl (C=O) groups excluding carboxylic acids is 2. The summed E-state index contributed by atoms with van der Waals surface area (Å²) in [6, 6.07) is 8.03. The fourth-order valence-electron chi connectivity index (χ4n) is 3.66. The number of hydrogen-bond acceptors (Lipinski definition) is 4. The van der Waals surface area contributed by atoms with E-state index in [9.17, 15) is 9.59 Å². The zero-order chi connectivity index (χ0) is 18.2. The zero-order valence-corrected chi connectivity index (χ0v) is 15.3. The fourth-order valence-corrected chi connectivity index (χ4v) is 3.66. The van der Waals surface area contributed by atoms with Gasteiger partial charge in [0.1, 0.15) is 5.75 Å². The molecule has 2 amide bonds. The molecule has 1 heterocycles. The van der Waals surface area contributed by atoms with Gasteiger partial charge in [0.25, 0.3) is 5.91 Å². The van der Waals surface area contributed by atoms with Crippen molar-refractivity contribution in [2.45, 2.75) is 51.0 Å². The van der Waals surface area contributed by atoms with Crippen LogP contribution in [0.4, 0.5) is 5.69 Å². The monoisotopic (exact) mass is 359 g/mol. The summed E-state index contributed by atoms with van der Waals surface area (Å²) in [5, 5.41) is 6.49. The van der Waals surface area contributed by atoms with E-state index in [2.05, 4.69) is 10.6 Å². The largest absolute Gasteiger partial charge is 0.482 e. The van der Waals surface area contributed by atoms with E-state index < -0.39 is 0 Å². The predicted octanol–water partition coefficient (Wildman–Crippen LogP) is 2.23. The number of rotatable bonds is 7. The average molecular weight is 359 g/mol. The van der Waals surface area contributed by atoms with Crippen molar-refractivity contribution in [1.82, 2.24) is 10.6 Å². The first kappa shape index (κ1) is 18.7. The lowest BCUT2D eigenvalue weighted by molar-refractivity contribution is -0.122. The van der Waals surface area contributed by atoms with E-state index in [1.807, 2.05) is 24.3 Å². The molecule has 142 valence electrons. The van der Waals surface area contributed by atoms with Gasteiger partial charge in [-0.05, 0) is 25.0 Å². The van der Waals surface area contributed by atoms with E-state index in [0.29, 0.717) is 31.3 Å². The minimum atomic E-state index is -0.105. The molecule has 6 heteroatoms. The van der Waals surface area contributed by atoms with Crippen LogP contribution < -0.4 is 20.3 Å². The molecule has 2 N–H and O–H groups in total. The smallest absolute Gasteiger partial charge is 0.265 e. The number of para-hydroxylation sites is 2. The Morgan fingerprint density at radius 1 is 1.12 bits per heavy atom. The van der Waals surface area contributed by atoms with Crippen LogP contribution in [0.5, 0.6) is 5.75 Å². The molecule has 2 aliphatic rings. The average Bonchev–Trinajstić information content (AvgIpc) is 2.93. The maximum absolute atomic E-state index is 12.1. The standard InChI is InChI=1S/C20H29N3O3/c24-19(22-13-12-21-16-7-3-1-2-4-8-16)11-14-23-17-9-5-6-10-18(17)26-15-20(23)25/h5-6,9-10,16,21H,1-4,7-8,11-15H2,(H,22,24). The minimum absolute atomic E-state index is 0.0237. The van der Waals surface area contributed by atoms with Crippen molar-refractivity contribution in [3.63, 3.8) is 0 Å². The summed E-state index contributed by atoms with van der Waals surface area (Å²) >= 11 is 0. The van der Waals surface area contributed by atoms with Crippen molar-refractivity contribution in [3.05, 3.63) is 24.3 Å². The third kappa shape index (κ3) is 5.21. The summed E-state index contributed by atoms with van der Waals surface area (Å²) in [5.74, 6) is 0.566. The molecule has 0 bridgehead atoms. The van der Waals surface area contributed by atoms with E-state index in [-0.39, 0.29) is 18.4 Å². The highest BCUT2D eigenvalue weighted by Gasteiger charge is 2.25. The number of nitrogens with one attached hydrogen (secondary N) is 2. The number of benzene rings is 1. The van der Waals surface area contributed by atoms with Crippen LogP contribution in [-0.2, 0) is 9.59 Å². The summed E-state index contributed by atoms with van der Waals surface area (Å²) in [6.45, 7) is 1.84. The molecule has 0 aromatic heterocycles. The van der Waals surface area contributed by atoms with Gasteiger partial charge in [-0.1, -0.05) is 37.8 Å². The molecule has 1 aliphatic carbocycles. The summed E-state index contributed by atoms with van der Waals surface area (Å²) in [6.07, 6.45) is 8.08. The van der Waals surface area contributed by atoms with E-state index in [1.54, 1.807) is 4.90 Å². The van der Waals surface area contributed by atoms with Crippen LogP contribution in [0, 0.1) is 0 Å². The van der Waals surface area contributed by atoms with Gasteiger partial charge in [-0.15, -0.1) is 0 Å². The normalized spacial score (nSPS) is 18.0.